The molecule has 2 aromatic carbocycles. The molecule has 3 nitrogen and oxygen atoms in total. The first-order valence-corrected chi connectivity index (χ1v) is 5.68. The summed E-state index contributed by atoms with van der Waals surface area (Å²) < 4.78 is 0. The van der Waals surface area contributed by atoms with E-state index in [1.54, 1.807) is 6.08 Å². The molecular weight excluding hydrogens is 222 g/mol. The largest absolute Gasteiger partial charge is 0.399 e. The fourth-order valence-electron chi connectivity index (χ4n) is 1.63. The second-order valence-electron chi connectivity index (χ2n) is 3.86. The van der Waals surface area contributed by atoms with Crippen LogP contribution in [0.25, 0.3) is 5.70 Å². The second-order valence-corrected chi connectivity index (χ2v) is 3.86. The quantitative estimate of drug-likeness (QED) is 0.564. The van der Waals surface area contributed by atoms with E-state index in [9.17, 15) is 0 Å². The van der Waals surface area contributed by atoms with Crippen molar-refractivity contribution in [2.45, 2.75) is 0 Å². The van der Waals surface area contributed by atoms with Crippen LogP contribution in [0.4, 0.5) is 11.4 Å². The van der Waals surface area contributed by atoms with Gasteiger partial charge in [-0.3, -0.25) is 0 Å². The molecule has 0 atom stereocenters. The predicted molar refractivity (Wildman–Crippen MR) is 77.7 cm³/mol. The van der Waals surface area contributed by atoms with Crippen LogP contribution < -0.4 is 11.1 Å². The molecule has 0 aromatic heterocycles. The third kappa shape index (κ3) is 2.98. The average Bonchev–Trinajstić information content (AvgIpc) is 2.42. The Morgan fingerprint density at radius 2 is 1.67 bits per heavy atom. The minimum atomic E-state index is 0.734. The zero-order valence-electron chi connectivity index (χ0n) is 9.93. The lowest BCUT2D eigenvalue weighted by Gasteiger charge is -2.11. The van der Waals surface area contributed by atoms with E-state index in [4.69, 9.17) is 11.1 Å². The molecule has 0 aliphatic carbocycles. The van der Waals surface area contributed by atoms with Crippen molar-refractivity contribution in [3.05, 3.63) is 66.2 Å². The van der Waals surface area contributed by atoms with Crippen LogP contribution in [-0.2, 0) is 0 Å². The van der Waals surface area contributed by atoms with Crippen LogP contribution in [0, 0.1) is 5.41 Å². The maximum absolute atomic E-state index is 7.22. The lowest BCUT2D eigenvalue weighted by atomic mass is 10.1. The summed E-state index contributed by atoms with van der Waals surface area (Å²) in [6.45, 7) is 0. The molecule has 0 saturated heterocycles. The summed E-state index contributed by atoms with van der Waals surface area (Å²) in [7, 11) is 0. The molecule has 0 unspecified atom stereocenters. The number of anilines is 2. The number of nitrogens with one attached hydrogen (secondary N) is 2. The fourth-order valence-corrected chi connectivity index (χ4v) is 1.63. The molecule has 0 heterocycles. The van der Waals surface area contributed by atoms with Crippen LogP contribution in [0.1, 0.15) is 5.56 Å². The van der Waals surface area contributed by atoms with Gasteiger partial charge in [0.05, 0.1) is 0 Å². The van der Waals surface area contributed by atoms with Crippen molar-refractivity contribution >= 4 is 23.3 Å². The van der Waals surface area contributed by atoms with Gasteiger partial charge >= 0.3 is 0 Å². The van der Waals surface area contributed by atoms with Gasteiger partial charge in [0.2, 0.25) is 0 Å². The van der Waals surface area contributed by atoms with Gasteiger partial charge < -0.3 is 16.5 Å². The third-order valence-corrected chi connectivity index (χ3v) is 2.52. The number of nitrogen functional groups attached to an aromatic ring is 1. The van der Waals surface area contributed by atoms with Crippen LogP contribution in [0.5, 0.6) is 0 Å². The van der Waals surface area contributed by atoms with Gasteiger partial charge in [0.1, 0.15) is 0 Å². The van der Waals surface area contributed by atoms with Crippen LogP contribution in [0.15, 0.2) is 60.7 Å². The van der Waals surface area contributed by atoms with Gasteiger partial charge in [-0.05, 0) is 35.9 Å². The van der Waals surface area contributed by atoms with E-state index in [0.29, 0.717) is 0 Å². The molecule has 0 radical (unpaired) electrons. The molecule has 0 fully saturated rings. The molecular formula is C15H15N3. The molecule has 2 aromatic rings. The number of allylic oxidation sites excluding steroid dienone is 1. The van der Waals surface area contributed by atoms with Crippen molar-refractivity contribution < 1.29 is 0 Å². The van der Waals surface area contributed by atoms with E-state index in [-0.39, 0.29) is 0 Å². The molecule has 0 saturated carbocycles. The molecule has 0 aliphatic heterocycles. The Kier molecular flexibility index (Phi) is 3.76. The first-order valence-electron chi connectivity index (χ1n) is 5.68. The molecule has 0 amide bonds. The highest BCUT2D eigenvalue weighted by atomic mass is 14.9. The summed E-state index contributed by atoms with van der Waals surface area (Å²) in [5.41, 5.74) is 9.25. The van der Waals surface area contributed by atoms with Gasteiger partial charge in [-0.15, -0.1) is 0 Å². The summed E-state index contributed by atoms with van der Waals surface area (Å²) in [6, 6.07) is 17.4. The SMILES string of the molecule is N=C/C=C(\Nc1ccc(N)cc1)c1ccccc1. The van der Waals surface area contributed by atoms with Crippen molar-refractivity contribution in [3.63, 3.8) is 0 Å². The Labute approximate surface area is 106 Å². The van der Waals surface area contributed by atoms with Crippen LogP contribution >= 0.6 is 0 Å². The molecule has 4 N–H and O–H groups in total. The Morgan fingerprint density at radius 3 is 2.28 bits per heavy atom. The minimum absolute atomic E-state index is 0.734. The number of benzene rings is 2. The number of hydrogen-bond donors (Lipinski definition) is 3. The summed E-state index contributed by atoms with van der Waals surface area (Å²) >= 11 is 0. The Hall–Kier alpha value is -2.55. The van der Waals surface area contributed by atoms with E-state index >= 15 is 0 Å². The second kappa shape index (κ2) is 5.68. The highest BCUT2D eigenvalue weighted by molar-refractivity contribution is 5.88. The van der Waals surface area contributed by atoms with E-state index in [1.807, 2.05) is 54.6 Å². The van der Waals surface area contributed by atoms with E-state index in [1.165, 1.54) is 6.21 Å². The molecule has 0 spiro atoms. The number of nitrogens with two attached hydrogens (primary N) is 1. The summed E-state index contributed by atoms with van der Waals surface area (Å²) in [6.07, 6.45) is 3.00. The topological polar surface area (TPSA) is 61.9 Å². The van der Waals surface area contributed by atoms with Crippen molar-refractivity contribution in [1.29, 1.82) is 5.41 Å². The van der Waals surface area contributed by atoms with E-state index in [0.717, 1.165) is 22.6 Å². The van der Waals surface area contributed by atoms with Crippen LogP contribution in [-0.4, -0.2) is 6.21 Å². The Morgan fingerprint density at radius 1 is 1.00 bits per heavy atom. The lowest BCUT2D eigenvalue weighted by Crippen LogP contribution is -1.99. The van der Waals surface area contributed by atoms with Gasteiger partial charge in [-0.2, -0.15) is 0 Å². The van der Waals surface area contributed by atoms with Crippen LogP contribution in [0.2, 0.25) is 0 Å². The average molecular weight is 237 g/mol. The summed E-state index contributed by atoms with van der Waals surface area (Å²) in [5.74, 6) is 0. The smallest absolute Gasteiger partial charge is 0.0473 e. The Balaban J connectivity index is 2.25. The van der Waals surface area contributed by atoms with Crippen molar-refractivity contribution in [1.82, 2.24) is 0 Å². The van der Waals surface area contributed by atoms with Crippen LogP contribution in [0.3, 0.4) is 0 Å². The summed E-state index contributed by atoms with van der Waals surface area (Å²) in [4.78, 5) is 0. The fraction of sp³-hybridized carbons (Fsp3) is 0. The van der Waals surface area contributed by atoms with Gasteiger partial charge in [-0.25, -0.2) is 0 Å². The maximum Gasteiger partial charge on any atom is 0.0473 e. The zero-order valence-corrected chi connectivity index (χ0v) is 9.93. The monoisotopic (exact) mass is 237 g/mol. The first-order chi connectivity index (χ1) is 8.79. The van der Waals surface area contributed by atoms with Crippen molar-refractivity contribution in [2.75, 3.05) is 11.1 Å². The standard InChI is InChI=1S/C15H15N3/c16-11-10-15(12-4-2-1-3-5-12)18-14-8-6-13(17)7-9-14/h1-11,16,18H,17H2/b15-10-,16-11?. The zero-order chi connectivity index (χ0) is 12.8. The number of hydrogen-bond acceptors (Lipinski definition) is 3. The molecule has 90 valence electrons. The van der Waals surface area contributed by atoms with Gasteiger partial charge in [0.25, 0.3) is 0 Å². The summed E-state index contributed by atoms with van der Waals surface area (Å²) in [5, 5.41) is 10.5. The highest BCUT2D eigenvalue weighted by Gasteiger charge is 2.00. The normalized spacial score (nSPS) is 11.0. The molecule has 0 bridgehead atoms. The van der Waals surface area contributed by atoms with E-state index < -0.39 is 0 Å². The minimum Gasteiger partial charge on any atom is -0.399 e. The molecule has 3 heteroatoms. The lowest BCUT2D eigenvalue weighted by molar-refractivity contribution is 1.52. The van der Waals surface area contributed by atoms with Gasteiger partial charge in [0.15, 0.2) is 0 Å². The molecule has 18 heavy (non-hydrogen) atoms. The van der Waals surface area contributed by atoms with Crippen molar-refractivity contribution in [2.24, 2.45) is 0 Å². The molecule has 2 rings (SSSR count). The first kappa shape index (κ1) is 11.9. The third-order valence-electron chi connectivity index (χ3n) is 2.52. The van der Waals surface area contributed by atoms with E-state index in [2.05, 4.69) is 5.32 Å². The van der Waals surface area contributed by atoms with Gasteiger partial charge in [0, 0.05) is 23.3 Å². The Bertz CT molecular complexity index is 542. The predicted octanol–water partition coefficient (Wildman–Crippen LogP) is 3.37. The van der Waals surface area contributed by atoms with Crippen molar-refractivity contribution in [3.8, 4) is 0 Å². The highest BCUT2D eigenvalue weighted by Crippen LogP contribution is 2.19. The van der Waals surface area contributed by atoms with Gasteiger partial charge in [-0.1, -0.05) is 30.3 Å². The molecule has 0 aliphatic rings. The maximum atomic E-state index is 7.22. The number of rotatable bonds is 4.